The summed E-state index contributed by atoms with van der Waals surface area (Å²) in [6, 6.07) is 7.42. The molecule has 0 bridgehead atoms. The van der Waals surface area contributed by atoms with E-state index in [1.165, 1.54) is 115 Å². The first-order valence-electron chi connectivity index (χ1n) is 16.7. The maximum absolute atomic E-state index is 12.6. The van der Waals surface area contributed by atoms with Crippen LogP contribution in [-0.2, 0) is 10.1 Å². The number of hydrogen-bond acceptors (Lipinski definition) is 2. The first-order valence-corrected chi connectivity index (χ1v) is 20.6. The van der Waals surface area contributed by atoms with E-state index < -0.39 is 17.4 Å². The van der Waals surface area contributed by atoms with Gasteiger partial charge in [-0.2, -0.15) is 8.42 Å². The van der Waals surface area contributed by atoms with Gasteiger partial charge in [-0.25, -0.2) is 0 Å². The van der Waals surface area contributed by atoms with Crippen molar-refractivity contribution in [2.75, 3.05) is 18.5 Å². The average Bonchev–Trinajstić information content (AvgIpc) is 2.93. The van der Waals surface area contributed by atoms with Crippen LogP contribution in [0.15, 0.2) is 29.2 Å². The van der Waals surface area contributed by atoms with Gasteiger partial charge >= 0.3 is 0 Å². The summed E-state index contributed by atoms with van der Waals surface area (Å²) in [5.74, 6) is 0.214. The molecule has 0 fully saturated rings. The fourth-order valence-electron chi connectivity index (χ4n) is 6.66. The molecule has 1 aromatic carbocycles. The molecule has 2 unspecified atom stereocenters. The molecule has 0 aliphatic heterocycles. The predicted molar refractivity (Wildman–Crippen MR) is 176 cm³/mol. The zero-order valence-corrected chi connectivity index (χ0v) is 28.1. The van der Waals surface area contributed by atoms with Gasteiger partial charge in [-0.15, -0.1) is 0 Å². The van der Waals surface area contributed by atoms with Crippen molar-refractivity contribution in [3.63, 3.8) is 0 Å². The van der Waals surface area contributed by atoms with Crippen LogP contribution in [0.4, 0.5) is 0 Å². The maximum Gasteiger partial charge on any atom is 0.294 e. The Hall–Kier alpha value is -0.440. The highest BCUT2D eigenvalue weighted by molar-refractivity contribution is 7.86. The molecule has 1 rings (SSSR count). The van der Waals surface area contributed by atoms with E-state index in [-0.39, 0.29) is 10.8 Å². The Labute approximate surface area is 244 Å². The SMILES string of the molecule is CCCCCCCCCCCC(c1ccccc1S(=O)(=O)O)C(CCC)[P+](CCCC)(CCCC)CCCC. The molecule has 0 aliphatic carbocycles. The molecule has 0 radical (unpaired) electrons. The lowest BCUT2D eigenvalue weighted by Gasteiger charge is -2.40. The van der Waals surface area contributed by atoms with Crippen LogP contribution in [0.3, 0.4) is 0 Å². The second-order valence-corrected chi connectivity index (χ2v) is 17.9. The van der Waals surface area contributed by atoms with Crippen molar-refractivity contribution in [2.45, 2.75) is 167 Å². The van der Waals surface area contributed by atoms with Gasteiger partial charge in [0, 0.05) is 13.2 Å². The van der Waals surface area contributed by atoms with Crippen LogP contribution in [0.1, 0.15) is 162 Å². The molecule has 0 spiro atoms. The Morgan fingerprint density at radius 3 is 1.54 bits per heavy atom. The van der Waals surface area contributed by atoms with Crippen molar-refractivity contribution in [1.29, 1.82) is 0 Å². The topological polar surface area (TPSA) is 54.4 Å². The van der Waals surface area contributed by atoms with Crippen molar-refractivity contribution < 1.29 is 13.0 Å². The lowest BCUT2D eigenvalue weighted by atomic mass is 9.88. The lowest BCUT2D eigenvalue weighted by molar-refractivity contribution is 0.471. The van der Waals surface area contributed by atoms with Crippen LogP contribution in [0, 0.1) is 0 Å². The van der Waals surface area contributed by atoms with E-state index in [0.29, 0.717) is 5.66 Å². The van der Waals surface area contributed by atoms with Crippen LogP contribution in [0.2, 0.25) is 0 Å². The largest absolute Gasteiger partial charge is 0.294 e. The standard InChI is InChI=1S/C34H63O3PS/c1-6-11-15-16-17-18-19-20-21-25-31(32-26-22-23-27-34(32)39(35,36)37)33(24-10-5)38(28-12-7-2,29-13-8-3)30-14-9-4/h22-23,26-27,31,33H,6-21,24-25,28-30H2,1-5H3/p+1. The second kappa shape index (κ2) is 21.3. The third kappa shape index (κ3) is 13.4. The van der Waals surface area contributed by atoms with Gasteiger partial charge in [0.25, 0.3) is 10.1 Å². The Balaban J connectivity index is 3.38. The molecule has 228 valence electrons. The third-order valence-corrected chi connectivity index (χ3v) is 15.4. The number of hydrogen-bond donors (Lipinski definition) is 1. The molecule has 2 atom stereocenters. The smallest absolute Gasteiger partial charge is 0.282 e. The molecular formula is C34H64O3PS+. The monoisotopic (exact) mass is 583 g/mol. The summed E-state index contributed by atoms with van der Waals surface area (Å²) in [6.45, 7) is 11.5. The summed E-state index contributed by atoms with van der Waals surface area (Å²) in [5.41, 5.74) is 1.44. The fourth-order valence-corrected chi connectivity index (χ4v) is 13.8. The highest BCUT2D eigenvalue weighted by Crippen LogP contribution is 2.69. The van der Waals surface area contributed by atoms with Crippen molar-refractivity contribution in [3.05, 3.63) is 29.8 Å². The van der Waals surface area contributed by atoms with Gasteiger partial charge in [0.15, 0.2) is 0 Å². The zero-order chi connectivity index (χ0) is 29.0. The number of benzene rings is 1. The highest BCUT2D eigenvalue weighted by Gasteiger charge is 2.48. The minimum absolute atomic E-state index is 0.159. The quantitative estimate of drug-likeness (QED) is 0.0707. The van der Waals surface area contributed by atoms with Crippen LogP contribution in [-0.4, -0.2) is 37.1 Å². The average molecular weight is 584 g/mol. The van der Waals surface area contributed by atoms with E-state index in [1.54, 1.807) is 12.1 Å². The Morgan fingerprint density at radius 2 is 1.08 bits per heavy atom. The van der Waals surface area contributed by atoms with Crippen molar-refractivity contribution >= 4 is 17.4 Å². The summed E-state index contributed by atoms with van der Waals surface area (Å²) in [7, 11) is -5.58. The van der Waals surface area contributed by atoms with E-state index in [4.69, 9.17) is 0 Å². The first-order chi connectivity index (χ1) is 18.8. The van der Waals surface area contributed by atoms with Gasteiger partial charge in [-0.3, -0.25) is 4.55 Å². The molecule has 0 heterocycles. The van der Waals surface area contributed by atoms with Crippen LogP contribution in [0.25, 0.3) is 0 Å². The molecule has 0 saturated heterocycles. The molecule has 0 saturated carbocycles. The van der Waals surface area contributed by atoms with Crippen LogP contribution >= 0.6 is 7.26 Å². The minimum Gasteiger partial charge on any atom is -0.282 e. The zero-order valence-electron chi connectivity index (χ0n) is 26.4. The van der Waals surface area contributed by atoms with Crippen LogP contribution < -0.4 is 0 Å². The van der Waals surface area contributed by atoms with Gasteiger partial charge < -0.3 is 0 Å². The first kappa shape index (κ1) is 36.6. The third-order valence-electron chi connectivity index (χ3n) is 8.84. The molecule has 5 heteroatoms. The molecule has 0 amide bonds. The molecule has 1 aromatic rings. The molecule has 39 heavy (non-hydrogen) atoms. The molecule has 3 nitrogen and oxygen atoms in total. The van der Waals surface area contributed by atoms with E-state index in [2.05, 4.69) is 34.6 Å². The highest BCUT2D eigenvalue weighted by atomic mass is 32.2. The lowest BCUT2D eigenvalue weighted by Crippen LogP contribution is -2.29. The van der Waals surface area contributed by atoms with Gasteiger partial charge in [-0.05, 0) is 43.7 Å². The Bertz CT molecular complexity index is 817. The van der Waals surface area contributed by atoms with E-state index in [0.717, 1.165) is 24.8 Å². The predicted octanol–water partition coefficient (Wildman–Crippen LogP) is 11.5. The molecule has 0 aromatic heterocycles. The van der Waals surface area contributed by atoms with E-state index in [1.807, 2.05) is 12.1 Å². The fraction of sp³-hybridized carbons (Fsp3) is 0.824. The summed E-state index contributed by atoms with van der Waals surface area (Å²) in [4.78, 5) is 0.159. The summed E-state index contributed by atoms with van der Waals surface area (Å²) in [5, 5.41) is 0. The number of rotatable bonds is 25. The van der Waals surface area contributed by atoms with Gasteiger partial charge in [0.1, 0.15) is 0 Å². The molecular weight excluding hydrogens is 519 g/mol. The van der Waals surface area contributed by atoms with Gasteiger partial charge in [0.05, 0.1) is 29.0 Å². The molecule has 1 N–H and O–H groups in total. The van der Waals surface area contributed by atoms with Crippen molar-refractivity contribution in [1.82, 2.24) is 0 Å². The Kier molecular flexibility index (Phi) is 20.0. The van der Waals surface area contributed by atoms with Crippen LogP contribution in [0.5, 0.6) is 0 Å². The summed E-state index contributed by atoms with van der Waals surface area (Å²) >= 11 is 0. The minimum atomic E-state index is -4.26. The van der Waals surface area contributed by atoms with Crippen molar-refractivity contribution in [2.24, 2.45) is 0 Å². The van der Waals surface area contributed by atoms with E-state index in [9.17, 15) is 13.0 Å². The molecule has 0 aliphatic rings. The maximum atomic E-state index is 12.6. The summed E-state index contributed by atoms with van der Waals surface area (Å²) in [6.07, 6.45) is 26.6. The van der Waals surface area contributed by atoms with Gasteiger partial charge in [0.2, 0.25) is 0 Å². The van der Waals surface area contributed by atoms with Crippen molar-refractivity contribution in [3.8, 4) is 0 Å². The summed E-state index contributed by atoms with van der Waals surface area (Å²) < 4.78 is 35.5. The Morgan fingerprint density at radius 1 is 0.615 bits per heavy atom. The van der Waals surface area contributed by atoms with Gasteiger partial charge in [-0.1, -0.05) is 136 Å². The van der Waals surface area contributed by atoms with E-state index >= 15 is 0 Å². The normalized spacial score (nSPS) is 14.0. The number of unbranched alkanes of at least 4 members (excludes halogenated alkanes) is 11. The second-order valence-electron chi connectivity index (χ2n) is 12.0.